The van der Waals surface area contributed by atoms with E-state index in [0.29, 0.717) is 6.61 Å². The molecule has 2 heteroatoms. The summed E-state index contributed by atoms with van der Waals surface area (Å²) in [6, 6.07) is 0. The molecule has 0 N–H and O–H groups in total. The fourth-order valence-corrected chi connectivity index (χ4v) is 1.15. The van der Waals surface area contributed by atoms with E-state index in [1.54, 1.807) is 0 Å². The Morgan fingerprint density at radius 3 is 2.70 bits per heavy atom. The summed E-state index contributed by atoms with van der Waals surface area (Å²) in [5, 5.41) is 0. The maximum atomic E-state index is 10.3. The Balaban J connectivity index is 1.89. The van der Waals surface area contributed by atoms with Crippen LogP contribution in [0.5, 0.6) is 0 Å². The molecule has 1 saturated carbocycles. The summed E-state index contributed by atoms with van der Waals surface area (Å²) in [6.07, 6.45) is 5.10. The summed E-state index contributed by atoms with van der Waals surface area (Å²) in [6.45, 7) is 2.08. The van der Waals surface area contributed by atoms with Gasteiger partial charge in [0.15, 0.2) is 0 Å². The number of rotatable bonds is 3. The number of esters is 1. The number of hydrogen-bond donors (Lipinski definition) is 0. The summed E-state index contributed by atoms with van der Waals surface area (Å²) in [5.74, 6) is 0.693. The molecule has 0 unspecified atom stereocenters. The van der Waals surface area contributed by atoms with Crippen LogP contribution in [0.4, 0.5) is 0 Å². The van der Waals surface area contributed by atoms with Crippen LogP contribution in [0.2, 0.25) is 0 Å². The Bertz CT molecular complexity index is 116. The second kappa shape index (κ2) is 3.59. The standard InChI is InChI=1S/C8H14O2/c1-7(9)10-6-5-8-3-2-4-8/h8H,2-6H2,1H3. The van der Waals surface area contributed by atoms with Gasteiger partial charge in [0.1, 0.15) is 0 Å². The molecule has 10 heavy (non-hydrogen) atoms. The van der Waals surface area contributed by atoms with Gasteiger partial charge in [-0.25, -0.2) is 0 Å². The third-order valence-corrected chi connectivity index (χ3v) is 2.06. The lowest BCUT2D eigenvalue weighted by Gasteiger charge is -2.24. The highest BCUT2D eigenvalue weighted by atomic mass is 16.5. The lowest BCUT2D eigenvalue weighted by molar-refractivity contribution is -0.141. The van der Waals surface area contributed by atoms with Crippen molar-refractivity contribution >= 4 is 5.97 Å². The maximum Gasteiger partial charge on any atom is 0.302 e. The fraction of sp³-hybridized carbons (Fsp3) is 0.875. The summed E-state index contributed by atoms with van der Waals surface area (Å²) < 4.78 is 4.81. The average Bonchev–Trinajstić information content (AvgIpc) is 1.75. The molecule has 0 amide bonds. The van der Waals surface area contributed by atoms with Crippen molar-refractivity contribution in [3.63, 3.8) is 0 Å². The van der Waals surface area contributed by atoms with E-state index in [9.17, 15) is 4.79 Å². The lowest BCUT2D eigenvalue weighted by Crippen LogP contribution is -2.14. The molecule has 0 saturated heterocycles. The SMILES string of the molecule is CC(=O)OCCC1CCC1. The van der Waals surface area contributed by atoms with E-state index in [4.69, 9.17) is 4.74 Å². The molecule has 0 aromatic heterocycles. The molecule has 0 bridgehead atoms. The van der Waals surface area contributed by atoms with E-state index >= 15 is 0 Å². The van der Waals surface area contributed by atoms with Gasteiger partial charge in [0, 0.05) is 6.92 Å². The Morgan fingerprint density at radius 1 is 1.60 bits per heavy atom. The van der Waals surface area contributed by atoms with Crippen molar-refractivity contribution in [2.45, 2.75) is 32.6 Å². The number of ether oxygens (including phenoxy) is 1. The Kier molecular flexibility index (Phi) is 2.72. The largest absolute Gasteiger partial charge is 0.466 e. The quantitative estimate of drug-likeness (QED) is 0.561. The number of carbonyl (C=O) groups excluding carboxylic acids is 1. The van der Waals surface area contributed by atoms with Crippen molar-refractivity contribution in [2.24, 2.45) is 5.92 Å². The van der Waals surface area contributed by atoms with Gasteiger partial charge in [0.25, 0.3) is 0 Å². The highest BCUT2D eigenvalue weighted by Crippen LogP contribution is 2.28. The maximum absolute atomic E-state index is 10.3. The fourth-order valence-electron chi connectivity index (χ4n) is 1.15. The van der Waals surface area contributed by atoms with Gasteiger partial charge in [0.2, 0.25) is 0 Å². The molecule has 0 spiro atoms. The average molecular weight is 142 g/mol. The predicted octanol–water partition coefficient (Wildman–Crippen LogP) is 1.74. The van der Waals surface area contributed by atoms with Crippen molar-refractivity contribution in [3.05, 3.63) is 0 Å². The summed E-state index contributed by atoms with van der Waals surface area (Å²) >= 11 is 0. The van der Waals surface area contributed by atoms with Crippen LogP contribution in [-0.4, -0.2) is 12.6 Å². The van der Waals surface area contributed by atoms with Crippen molar-refractivity contribution < 1.29 is 9.53 Å². The van der Waals surface area contributed by atoms with E-state index < -0.39 is 0 Å². The lowest BCUT2D eigenvalue weighted by atomic mass is 9.83. The molecule has 0 aromatic rings. The Hall–Kier alpha value is -0.530. The minimum absolute atomic E-state index is 0.153. The zero-order valence-corrected chi connectivity index (χ0v) is 6.43. The molecule has 1 rings (SSSR count). The van der Waals surface area contributed by atoms with Gasteiger partial charge in [-0.15, -0.1) is 0 Å². The van der Waals surface area contributed by atoms with E-state index in [1.165, 1.54) is 26.2 Å². The van der Waals surface area contributed by atoms with Gasteiger partial charge >= 0.3 is 5.97 Å². The molecule has 0 atom stereocenters. The van der Waals surface area contributed by atoms with Gasteiger partial charge in [-0.2, -0.15) is 0 Å². The van der Waals surface area contributed by atoms with Crippen molar-refractivity contribution in [1.29, 1.82) is 0 Å². The van der Waals surface area contributed by atoms with E-state index in [0.717, 1.165) is 12.3 Å². The third kappa shape index (κ3) is 2.38. The third-order valence-electron chi connectivity index (χ3n) is 2.06. The first-order chi connectivity index (χ1) is 4.79. The zero-order chi connectivity index (χ0) is 7.40. The van der Waals surface area contributed by atoms with E-state index in [1.807, 2.05) is 0 Å². The van der Waals surface area contributed by atoms with Gasteiger partial charge in [0.05, 0.1) is 6.61 Å². The van der Waals surface area contributed by atoms with Crippen LogP contribution in [0.3, 0.4) is 0 Å². The molecule has 58 valence electrons. The Labute approximate surface area is 61.6 Å². The molecule has 0 radical (unpaired) electrons. The van der Waals surface area contributed by atoms with Crippen LogP contribution < -0.4 is 0 Å². The smallest absolute Gasteiger partial charge is 0.302 e. The molecule has 1 aliphatic carbocycles. The number of hydrogen-bond acceptors (Lipinski definition) is 2. The molecule has 1 fully saturated rings. The topological polar surface area (TPSA) is 26.3 Å². The Morgan fingerprint density at radius 2 is 2.30 bits per heavy atom. The van der Waals surface area contributed by atoms with Crippen LogP contribution in [0.15, 0.2) is 0 Å². The molecule has 2 nitrogen and oxygen atoms in total. The summed E-state index contributed by atoms with van der Waals surface area (Å²) in [7, 11) is 0. The van der Waals surface area contributed by atoms with Crippen LogP contribution in [0.25, 0.3) is 0 Å². The first kappa shape index (κ1) is 7.58. The molecule has 1 aliphatic rings. The molecule has 0 heterocycles. The van der Waals surface area contributed by atoms with Gasteiger partial charge in [-0.1, -0.05) is 19.3 Å². The molecular formula is C8H14O2. The second-order valence-electron chi connectivity index (χ2n) is 2.93. The molecular weight excluding hydrogens is 128 g/mol. The van der Waals surface area contributed by atoms with Crippen LogP contribution >= 0.6 is 0 Å². The van der Waals surface area contributed by atoms with Crippen LogP contribution in [0.1, 0.15) is 32.6 Å². The van der Waals surface area contributed by atoms with E-state index in [2.05, 4.69) is 0 Å². The van der Waals surface area contributed by atoms with Crippen molar-refractivity contribution in [3.8, 4) is 0 Å². The van der Waals surface area contributed by atoms with Crippen molar-refractivity contribution in [1.82, 2.24) is 0 Å². The van der Waals surface area contributed by atoms with Crippen LogP contribution in [0, 0.1) is 5.92 Å². The first-order valence-electron chi connectivity index (χ1n) is 3.92. The monoisotopic (exact) mass is 142 g/mol. The van der Waals surface area contributed by atoms with Crippen LogP contribution in [-0.2, 0) is 9.53 Å². The predicted molar refractivity (Wildman–Crippen MR) is 38.6 cm³/mol. The second-order valence-corrected chi connectivity index (χ2v) is 2.93. The molecule has 0 aromatic carbocycles. The minimum atomic E-state index is -0.153. The number of carbonyl (C=O) groups is 1. The molecule has 0 aliphatic heterocycles. The van der Waals surface area contributed by atoms with Gasteiger partial charge < -0.3 is 4.74 Å². The minimum Gasteiger partial charge on any atom is -0.466 e. The van der Waals surface area contributed by atoms with Gasteiger partial charge in [-0.3, -0.25) is 4.79 Å². The van der Waals surface area contributed by atoms with Gasteiger partial charge in [-0.05, 0) is 12.3 Å². The highest BCUT2D eigenvalue weighted by Gasteiger charge is 2.16. The van der Waals surface area contributed by atoms with E-state index in [-0.39, 0.29) is 5.97 Å². The zero-order valence-electron chi connectivity index (χ0n) is 6.43. The van der Waals surface area contributed by atoms with Crippen molar-refractivity contribution in [2.75, 3.05) is 6.61 Å². The summed E-state index contributed by atoms with van der Waals surface area (Å²) in [5.41, 5.74) is 0. The normalized spacial score (nSPS) is 18.1. The highest BCUT2D eigenvalue weighted by molar-refractivity contribution is 5.65. The summed E-state index contributed by atoms with van der Waals surface area (Å²) in [4.78, 5) is 10.3. The first-order valence-corrected chi connectivity index (χ1v) is 3.92.